The number of ketones is 1. The standard InChI is InChI=1S/C12H11F4NOS/c13-9-2-1-7(5-8(9)12(14,15)16)11(18)10-6-19-4-3-17-10/h1-2,5,10,17H,3-4,6H2. The van der Waals surface area contributed by atoms with Gasteiger partial charge in [0.1, 0.15) is 5.82 Å². The molecule has 0 saturated carbocycles. The zero-order chi connectivity index (χ0) is 14.0. The van der Waals surface area contributed by atoms with Crippen LogP contribution in [0.3, 0.4) is 0 Å². The number of rotatable bonds is 2. The number of Topliss-reactive ketones (excluding diaryl/α,β-unsaturated/α-hetero) is 1. The maximum absolute atomic E-state index is 13.1. The number of hydrogen-bond acceptors (Lipinski definition) is 3. The molecule has 19 heavy (non-hydrogen) atoms. The number of carbonyl (C=O) groups is 1. The topological polar surface area (TPSA) is 29.1 Å². The van der Waals surface area contributed by atoms with Crippen LogP contribution in [0.15, 0.2) is 18.2 Å². The van der Waals surface area contributed by atoms with Crippen molar-refractivity contribution in [2.45, 2.75) is 12.2 Å². The van der Waals surface area contributed by atoms with Gasteiger partial charge in [0.2, 0.25) is 0 Å². The van der Waals surface area contributed by atoms with Gasteiger partial charge in [0.05, 0.1) is 11.6 Å². The molecular formula is C12H11F4NOS. The van der Waals surface area contributed by atoms with Gasteiger partial charge in [-0.15, -0.1) is 0 Å². The number of hydrogen-bond donors (Lipinski definition) is 1. The minimum atomic E-state index is -4.80. The van der Waals surface area contributed by atoms with Crippen LogP contribution in [0.1, 0.15) is 15.9 Å². The monoisotopic (exact) mass is 293 g/mol. The van der Waals surface area contributed by atoms with Gasteiger partial charge < -0.3 is 5.32 Å². The number of nitrogens with one attached hydrogen (secondary N) is 1. The molecule has 1 heterocycles. The van der Waals surface area contributed by atoms with Crippen molar-refractivity contribution in [3.05, 3.63) is 35.1 Å². The summed E-state index contributed by atoms with van der Waals surface area (Å²) in [5.41, 5.74) is -1.52. The maximum Gasteiger partial charge on any atom is 0.419 e. The van der Waals surface area contributed by atoms with E-state index in [-0.39, 0.29) is 5.56 Å². The molecule has 104 valence electrons. The summed E-state index contributed by atoms with van der Waals surface area (Å²) in [5.74, 6) is -0.425. The molecule has 1 aromatic carbocycles. The second-order valence-electron chi connectivity index (χ2n) is 4.14. The lowest BCUT2D eigenvalue weighted by Gasteiger charge is -2.22. The highest BCUT2D eigenvalue weighted by atomic mass is 32.2. The van der Waals surface area contributed by atoms with E-state index in [0.29, 0.717) is 24.4 Å². The first-order valence-electron chi connectivity index (χ1n) is 5.61. The van der Waals surface area contributed by atoms with Crippen LogP contribution in [0.2, 0.25) is 0 Å². The predicted molar refractivity (Wildman–Crippen MR) is 64.8 cm³/mol. The summed E-state index contributed by atoms with van der Waals surface area (Å²) in [5, 5.41) is 2.94. The Labute approximate surface area is 111 Å². The Bertz CT molecular complexity index is 483. The van der Waals surface area contributed by atoms with Crippen molar-refractivity contribution in [2.75, 3.05) is 18.1 Å². The molecule has 0 amide bonds. The first-order chi connectivity index (χ1) is 8.89. The van der Waals surface area contributed by atoms with Gasteiger partial charge in [-0.25, -0.2) is 4.39 Å². The Hall–Kier alpha value is -1.08. The van der Waals surface area contributed by atoms with E-state index >= 15 is 0 Å². The van der Waals surface area contributed by atoms with Crippen molar-refractivity contribution in [1.82, 2.24) is 5.32 Å². The van der Waals surface area contributed by atoms with Crippen LogP contribution in [0.25, 0.3) is 0 Å². The third kappa shape index (κ3) is 3.27. The number of thioether (sulfide) groups is 1. The summed E-state index contributed by atoms with van der Waals surface area (Å²) in [7, 11) is 0. The summed E-state index contributed by atoms with van der Waals surface area (Å²) in [6, 6.07) is 1.85. The fraction of sp³-hybridized carbons (Fsp3) is 0.417. The van der Waals surface area contributed by atoms with Crippen LogP contribution in [0, 0.1) is 5.82 Å². The molecule has 0 aliphatic carbocycles. The summed E-state index contributed by atoms with van der Waals surface area (Å²) < 4.78 is 50.8. The summed E-state index contributed by atoms with van der Waals surface area (Å²) in [6.45, 7) is 0.633. The Morgan fingerprint density at radius 1 is 1.37 bits per heavy atom. The minimum absolute atomic E-state index is 0.117. The first kappa shape index (κ1) is 14.3. The van der Waals surface area contributed by atoms with Crippen molar-refractivity contribution >= 4 is 17.5 Å². The van der Waals surface area contributed by atoms with Gasteiger partial charge in [-0.05, 0) is 18.2 Å². The first-order valence-corrected chi connectivity index (χ1v) is 6.77. The van der Waals surface area contributed by atoms with Gasteiger partial charge in [-0.1, -0.05) is 0 Å². The average molecular weight is 293 g/mol. The minimum Gasteiger partial charge on any atom is -0.306 e. The van der Waals surface area contributed by atoms with Crippen molar-refractivity contribution in [2.24, 2.45) is 0 Å². The molecule has 2 nitrogen and oxygen atoms in total. The highest BCUT2D eigenvalue weighted by Gasteiger charge is 2.35. The zero-order valence-corrected chi connectivity index (χ0v) is 10.6. The fourth-order valence-corrected chi connectivity index (χ4v) is 2.76. The second-order valence-corrected chi connectivity index (χ2v) is 5.29. The van der Waals surface area contributed by atoms with Crippen LogP contribution >= 0.6 is 11.8 Å². The molecule has 1 aliphatic rings. The van der Waals surface area contributed by atoms with Crippen molar-refractivity contribution in [3.63, 3.8) is 0 Å². The molecule has 1 saturated heterocycles. The Kier molecular flexibility index (Phi) is 4.15. The van der Waals surface area contributed by atoms with E-state index in [1.165, 1.54) is 0 Å². The van der Waals surface area contributed by atoms with Gasteiger partial charge in [0.15, 0.2) is 5.78 Å². The fourth-order valence-electron chi connectivity index (χ4n) is 1.83. The van der Waals surface area contributed by atoms with E-state index in [1.54, 1.807) is 11.8 Å². The number of halogens is 4. The lowest BCUT2D eigenvalue weighted by Crippen LogP contribution is -2.43. The Morgan fingerprint density at radius 2 is 2.11 bits per heavy atom. The molecular weight excluding hydrogens is 282 g/mol. The van der Waals surface area contributed by atoms with Crippen LogP contribution in [0.4, 0.5) is 17.6 Å². The Balaban J connectivity index is 2.27. The highest BCUT2D eigenvalue weighted by Crippen LogP contribution is 2.32. The third-order valence-corrected chi connectivity index (χ3v) is 3.86. The summed E-state index contributed by atoms with van der Waals surface area (Å²) in [6.07, 6.45) is -4.80. The highest BCUT2D eigenvalue weighted by molar-refractivity contribution is 7.99. The zero-order valence-electron chi connectivity index (χ0n) is 9.76. The molecule has 1 aliphatic heterocycles. The van der Waals surface area contributed by atoms with E-state index in [9.17, 15) is 22.4 Å². The van der Waals surface area contributed by atoms with E-state index < -0.39 is 29.4 Å². The lowest BCUT2D eigenvalue weighted by molar-refractivity contribution is -0.140. The predicted octanol–water partition coefficient (Wildman–Crippen LogP) is 2.73. The molecule has 1 N–H and O–H groups in total. The average Bonchev–Trinajstić information content (AvgIpc) is 2.38. The largest absolute Gasteiger partial charge is 0.419 e. The molecule has 0 radical (unpaired) electrons. The summed E-state index contributed by atoms with van der Waals surface area (Å²) in [4.78, 5) is 12.0. The molecule has 2 rings (SSSR count). The van der Waals surface area contributed by atoms with Gasteiger partial charge in [0.25, 0.3) is 0 Å². The normalized spacial score (nSPS) is 20.3. The van der Waals surface area contributed by atoms with Crippen molar-refractivity contribution in [1.29, 1.82) is 0 Å². The van der Waals surface area contributed by atoms with Crippen LogP contribution in [0.5, 0.6) is 0 Å². The van der Waals surface area contributed by atoms with Gasteiger partial charge in [-0.3, -0.25) is 4.79 Å². The number of carbonyl (C=O) groups excluding carboxylic acids is 1. The SMILES string of the molecule is O=C(c1ccc(F)c(C(F)(F)F)c1)C1CSCCN1. The third-order valence-electron chi connectivity index (χ3n) is 2.79. The number of alkyl halides is 3. The van der Waals surface area contributed by atoms with E-state index in [1.807, 2.05) is 0 Å². The molecule has 7 heteroatoms. The van der Waals surface area contributed by atoms with Gasteiger partial charge >= 0.3 is 6.18 Å². The van der Waals surface area contributed by atoms with E-state index in [0.717, 1.165) is 11.8 Å². The Morgan fingerprint density at radius 3 is 2.68 bits per heavy atom. The van der Waals surface area contributed by atoms with Crippen LogP contribution < -0.4 is 5.32 Å². The van der Waals surface area contributed by atoms with E-state index in [4.69, 9.17) is 0 Å². The van der Waals surface area contributed by atoms with Crippen molar-refractivity contribution in [3.8, 4) is 0 Å². The molecule has 0 spiro atoms. The molecule has 1 unspecified atom stereocenters. The van der Waals surface area contributed by atoms with E-state index in [2.05, 4.69) is 5.32 Å². The maximum atomic E-state index is 13.1. The lowest BCUT2D eigenvalue weighted by atomic mass is 10.0. The molecule has 1 fully saturated rings. The molecule has 0 bridgehead atoms. The molecule has 0 aromatic heterocycles. The molecule has 1 atom stereocenters. The molecule has 1 aromatic rings. The second kappa shape index (κ2) is 5.50. The van der Waals surface area contributed by atoms with Crippen molar-refractivity contribution < 1.29 is 22.4 Å². The summed E-state index contributed by atoms with van der Waals surface area (Å²) >= 11 is 1.56. The van der Waals surface area contributed by atoms with Gasteiger partial charge in [0, 0.05) is 23.6 Å². The smallest absolute Gasteiger partial charge is 0.306 e. The van der Waals surface area contributed by atoms with Crippen LogP contribution in [-0.4, -0.2) is 29.9 Å². The van der Waals surface area contributed by atoms with Crippen LogP contribution in [-0.2, 0) is 6.18 Å². The quantitative estimate of drug-likeness (QED) is 0.671. The number of benzene rings is 1. The van der Waals surface area contributed by atoms with Gasteiger partial charge in [-0.2, -0.15) is 24.9 Å².